The van der Waals surface area contributed by atoms with Gasteiger partial charge in [0, 0.05) is 31.6 Å². The van der Waals surface area contributed by atoms with Crippen LogP contribution in [0.2, 0.25) is 0 Å². The molecule has 17 heavy (non-hydrogen) atoms. The Labute approximate surface area is 114 Å². The average molecular weight is 304 g/mol. The van der Waals surface area contributed by atoms with Crippen molar-refractivity contribution in [2.45, 2.75) is 51.6 Å². The quantitative estimate of drug-likeness (QED) is 0.741. The van der Waals surface area contributed by atoms with Crippen LogP contribution in [0.5, 0.6) is 0 Å². The van der Waals surface area contributed by atoms with Crippen molar-refractivity contribution in [3.8, 4) is 0 Å². The number of ether oxygens (including phenoxy) is 1. The van der Waals surface area contributed by atoms with Gasteiger partial charge in [-0.15, -0.1) is 0 Å². The predicted octanol–water partition coefficient (Wildman–Crippen LogP) is 3.44. The summed E-state index contributed by atoms with van der Waals surface area (Å²) in [7, 11) is 0. The summed E-state index contributed by atoms with van der Waals surface area (Å²) in [5.74, 6) is 0. The molecule has 0 spiro atoms. The maximum absolute atomic E-state index is 5.74. The molecule has 100 valence electrons. The maximum atomic E-state index is 5.74. The van der Waals surface area contributed by atoms with Gasteiger partial charge in [0.05, 0.1) is 6.10 Å². The van der Waals surface area contributed by atoms with Crippen LogP contribution in [-0.4, -0.2) is 42.6 Å². The van der Waals surface area contributed by atoms with Crippen LogP contribution >= 0.6 is 15.9 Å². The first-order chi connectivity index (χ1) is 8.24. The highest BCUT2D eigenvalue weighted by Gasteiger charge is 2.33. The highest BCUT2D eigenvalue weighted by Crippen LogP contribution is 2.38. The van der Waals surface area contributed by atoms with Crippen molar-refractivity contribution in [1.82, 2.24) is 4.90 Å². The highest BCUT2D eigenvalue weighted by molar-refractivity contribution is 9.09. The standard InChI is InChI=1S/C14H26BrNO/c1-13-10-16(8-5-9-17-13)12-14(11-15)6-3-2-4-7-14/h13H,2-12H2,1H3. The van der Waals surface area contributed by atoms with Crippen LogP contribution in [0.15, 0.2) is 0 Å². The first kappa shape index (κ1) is 13.8. The summed E-state index contributed by atoms with van der Waals surface area (Å²) in [4.78, 5) is 2.64. The van der Waals surface area contributed by atoms with Crippen molar-refractivity contribution in [1.29, 1.82) is 0 Å². The normalized spacial score (nSPS) is 31.1. The molecule has 1 saturated heterocycles. The lowest BCUT2D eigenvalue weighted by atomic mass is 9.75. The second-order valence-corrected chi connectivity index (χ2v) is 6.53. The lowest BCUT2D eigenvalue weighted by molar-refractivity contribution is 0.0565. The van der Waals surface area contributed by atoms with E-state index < -0.39 is 0 Å². The molecule has 3 heteroatoms. The molecule has 0 aromatic carbocycles. The third-order valence-electron chi connectivity index (χ3n) is 4.29. The van der Waals surface area contributed by atoms with E-state index in [4.69, 9.17) is 4.74 Å². The Morgan fingerprint density at radius 3 is 2.71 bits per heavy atom. The van der Waals surface area contributed by atoms with Gasteiger partial charge < -0.3 is 9.64 Å². The maximum Gasteiger partial charge on any atom is 0.0673 e. The molecular formula is C14H26BrNO. The zero-order chi connectivity index (χ0) is 12.1. The van der Waals surface area contributed by atoms with Gasteiger partial charge in [-0.2, -0.15) is 0 Å². The second kappa shape index (κ2) is 6.53. The smallest absolute Gasteiger partial charge is 0.0673 e. The van der Waals surface area contributed by atoms with E-state index in [0.29, 0.717) is 11.5 Å². The van der Waals surface area contributed by atoms with Gasteiger partial charge >= 0.3 is 0 Å². The van der Waals surface area contributed by atoms with Gasteiger partial charge in [-0.25, -0.2) is 0 Å². The molecule has 1 aliphatic carbocycles. The van der Waals surface area contributed by atoms with Gasteiger partial charge in [-0.3, -0.25) is 0 Å². The van der Waals surface area contributed by atoms with Gasteiger partial charge in [0.2, 0.25) is 0 Å². The molecule has 2 rings (SSSR count). The Bertz CT molecular complexity index is 228. The van der Waals surface area contributed by atoms with Crippen LogP contribution in [0.1, 0.15) is 45.4 Å². The summed E-state index contributed by atoms with van der Waals surface area (Å²) < 4.78 is 5.74. The van der Waals surface area contributed by atoms with Gasteiger partial charge in [-0.05, 0) is 31.6 Å². The van der Waals surface area contributed by atoms with E-state index in [2.05, 4.69) is 27.8 Å². The summed E-state index contributed by atoms with van der Waals surface area (Å²) in [5.41, 5.74) is 0.544. The van der Waals surface area contributed by atoms with Crippen LogP contribution in [-0.2, 0) is 4.74 Å². The molecule has 0 amide bonds. The van der Waals surface area contributed by atoms with Gasteiger partial charge in [0.25, 0.3) is 0 Å². The predicted molar refractivity (Wildman–Crippen MR) is 75.8 cm³/mol. The number of hydrogen-bond donors (Lipinski definition) is 0. The second-order valence-electron chi connectivity index (χ2n) is 5.96. The van der Waals surface area contributed by atoms with Crippen LogP contribution in [0.4, 0.5) is 0 Å². The topological polar surface area (TPSA) is 12.5 Å². The van der Waals surface area contributed by atoms with Crippen molar-refractivity contribution >= 4 is 15.9 Å². The Morgan fingerprint density at radius 2 is 2.00 bits per heavy atom. The van der Waals surface area contributed by atoms with Crippen LogP contribution in [0, 0.1) is 5.41 Å². The molecule has 2 fully saturated rings. The van der Waals surface area contributed by atoms with E-state index >= 15 is 0 Å². The molecule has 1 aliphatic heterocycles. The lowest BCUT2D eigenvalue weighted by Gasteiger charge is -2.40. The Balaban J connectivity index is 1.92. The molecule has 2 aliphatic rings. The number of halogens is 1. The fraction of sp³-hybridized carbons (Fsp3) is 1.00. The molecule has 0 aromatic rings. The van der Waals surface area contributed by atoms with E-state index in [1.165, 1.54) is 56.9 Å². The van der Waals surface area contributed by atoms with Crippen molar-refractivity contribution in [2.75, 3.05) is 31.6 Å². The summed E-state index contributed by atoms with van der Waals surface area (Å²) in [5, 5.41) is 1.17. The minimum absolute atomic E-state index is 0.411. The summed E-state index contributed by atoms with van der Waals surface area (Å²) in [6.45, 7) is 6.76. The van der Waals surface area contributed by atoms with E-state index in [9.17, 15) is 0 Å². The van der Waals surface area contributed by atoms with Crippen LogP contribution in [0.25, 0.3) is 0 Å². The van der Waals surface area contributed by atoms with Gasteiger partial charge in [0.1, 0.15) is 0 Å². The molecule has 1 heterocycles. The number of nitrogens with zero attached hydrogens (tertiary/aromatic N) is 1. The molecule has 1 atom stereocenters. The molecule has 0 N–H and O–H groups in total. The van der Waals surface area contributed by atoms with E-state index in [0.717, 1.165) is 13.2 Å². The third kappa shape index (κ3) is 3.93. The zero-order valence-electron chi connectivity index (χ0n) is 11.1. The fourth-order valence-corrected chi connectivity index (χ4v) is 4.07. The average Bonchev–Trinajstić information content (AvgIpc) is 2.55. The molecule has 0 aromatic heterocycles. The van der Waals surface area contributed by atoms with Gasteiger partial charge in [0.15, 0.2) is 0 Å². The number of alkyl halides is 1. The van der Waals surface area contributed by atoms with E-state index in [-0.39, 0.29) is 0 Å². The largest absolute Gasteiger partial charge is 0.377 e. The Morgan fingerprint density at radius 1 is 1.24 bits per heavy atom. The van der Waals surface area contributed by atoms with Crippen molar-refractivity contribution < 1.29 is 4.74 Å². The summed E-state index contributed by atoms with van der Waals surface area (Å²) in [6.07, 6.45) is 8.70. The first-order valence-electron chi connectivity index (χ1n) is 7.14. The molecule has 1 saturated carbocycles. The molecule has 0 radical (unpaired) electrons. The van der Waals surface area contributed by atoms with Crippen LogP contribution in [0.3, 0.4) is 0 Å². The van der Waals surface area contributed by atoms with Crippen LogP contribution < -0.4 is 0 Å². The van der Waals surface area contributed by atoms with Crippen molar-refractivity contribution in [2.24, 2.45) is 5.41 Å². The Hall–Kier alpha value is 0.400. The summed E-state index contributed by atoms with van der Waals surface area (Å²) in [6, 6.07) is 0. The third-order valence-corrected chi connectivity index (χ3v) is 5.48. The van der Waals surface area contributed by atoms with E-state index in [1.54, 1.807) is 0 Å². The highest BCUT2D eigenvalue weighted by atomic mass is 79.9. The van der Waals surface area contributed by atoms with E-state index in [1.807, 2.05) is 0 Å². The lowest BCUT2D eigenvalue weighted by Crippen LogP contribution is -2.42. The summed E-state index contributed by atoms with van der Waals surface area (Å²) >= 11 is 3.77. The minimum atomic E-state index is 0.411. The molecule has 2 nitrogen and oxygen atoms in total. The van der Waals surface area contributed by atoms with Gasteiger partial charge in [-0.1, -0.05) is 35.2 Å². The fourth-order valence-electron chi connectivity index (χ4n) is 3.33. The Kier molecular flexibility index (Phi) is 5.31. The van der Waals surface area contributed by atoms with Crippen molar-refractivity contribution in [3.05, 3.63) is 0 Å². The monoisotopic (exact) mass is 303 g/mol. The zero-order valence-corrected chi connectivity index (χ0v) is 12.7. The SMILES string of the molecule is CC1CN(CC2(CBr)CCCCC2)CCCO1. The number of hydrogen-bond acceptors (Lipinski definition) is 2. The van der Waals surface area contributed by atoms with Crippen molar-refractivity contribution in [3.63, 3.8) is 0 Å². The molecular weight excluding hydrogens is 278 g/mol. The minimum Gasteiger partial charge on any atom is -0.377 e. The molecule has 1 unspecified atom stereocenters. The first-order valence-corrected chi connectivity index (χ1v) is 8.26. The molecule has 0 bridgehead atoms. The number of rotatable bonds is 3.